The Morgan fingerprint density at radius 3 is 2.46 bits per heavy atom. The van der Waals surface area contributed by atoms with Gasteiger partial charge in [0.25, 0.3) is 5.89 Å². The SMILES string of the molecule is CCN(CC)S(=O)(=O)c1cc(-c2nc(-c3ccc(F)cc3)no2)sc1C. The van der Waals surface area contributed by atoms with Gasteiger partial charge in [0.1, 0.15) is 5.82 Å². The minimum Gasteiger partial charge on any atom is -0.333 e. The molecule has 2 heterocycles. The van der Waals surface area contributed by atoms with Crippen molar-refractivity contribution in [3.05, 3.63) is 41.0 Å². The summed E-state index contributed by atoms with van der Waals surface area (Å²) < 4.78 is 45.2. The molecule has 0 aliphatic rings. The van der Waals surface area contributed by atoms with Crippen LogP contribution in [-0.2, 0) is 10.0 Å². The Hall–Kier alpha value is -2.10. The highest BCUT2D eigenvalue weighted by molar-refractivity contribution is 7.89. The molecule has 3 aromatic rings. The van der Waals surface area contributed by atoms with Crippen molar-refractivity contribution in [2.75, 3.05) is 13.1 Å². The molecule has 0 N–H and O–H groups in total. The quantitative estimate of drug-likeness (QED) is 0.632. The minimum atomic E-state index is -3.56. The monoisotopic (exact) mass is 395 g/mol. The van der Waals surface area contributed by atoms with Crippen LogP contribution >= 0.6 is 11.3 Å². The van der Waals surface area contributed by atoms with E-state index in [4.69, 9.17) is 4.52 Å². The van der Waals surface area contributed by atoms with Gasteiger partial charge in [-0.05, 0) is 37.3 Å². The number of benzene rings is 1. The number of rotatable bonds is 6. The summed E-state index contributed by atoms with van der Waals surface area (Å²) in [7, 11) is -3.56. The van der Waals surface area contributed by atoms with Crippen molar-refractivity contribution in [2.45, 2.75) is 25.7 Å². The van der Waals surface area contributed by atoms with Crippen LogP contribution in [0.3, 0.4) is 0 Å². The number of aromatic nitrogens is 2. The Bertz CT molecular complexity index is 1010. The van der Waals surface area contributed by atoms with Gasteiger partial charge in [0.05, 0.1) is 9.77 Å². The molecule has 0 saturated heterocycles. The van der Waals surface area contributed by atoms with E-state index in [1.807, 2.05) is 0 Å². The predicted octanol–water partition coefficient (Wildman–Crippen LogP) is 3.94. The van der Waals surface area contributed by atoms with Crippen LogP contribution in [-0.4, -0.2) is 36.0 Å². The molecule has 0 amide bonds. The lowest BCUT2D eigenvalue weighted by molar-refractivity contribution is 0.433. The summed E-state index contributed by atoms with van der Waals surface area (Å²) in [6.07, 6.45) is 0. The Labute approximate surface area is 155 Å². The molecule has 138 valence electrons. The van der Waals surface area contributed by atoms with Crippen LogP contribution in [0.25, 0.3) is 22.2 Å². The lowest BCUT2D eigenvalue weighted by atomic mass is 10.2. The third kappa shape index (κ3) is 3.42. The van der Waals surface area contributed by atoms with E-state index in [2.05, 4.69) is 10.1 Å². The topological polar surface area (TPSA) is 76.3 Å². The molecule has 2 aromatic heterocycles. The van der Waals surface area contributed by atoms with E-state index >= 15 is 0 Å². The number of aryl methyl sites for hydroxylation is 1. The first-order chi connectivity index (χ1) is 12.4. The zero-order valence-electron chi connectivity index (χ0n) is 14.6. The van der Waals surface area contributed by atoms with Crippen molar-refractivity contribution >= 4 is 21.4 Å². The Balaban J connectivity index is 1.96. The summed E-state index contributed by atoms with van der Waals surface area (Å²) in [4.78, 5) is 5.79. The van der Waals surface area contributed by atoms with Gasteiger partial charge in [-0.1, -0.05) is 19.0 Å². The number of thiophene rings is 1. The zero-order chi connectivity index (χ0) is 18.9. The van der Waals surface area contributed by atoms with Crippen LogP contribution in [0.4, 0.5) is 4.39 Å². The molecule has 0 aliphatic heterocycles. The smallest absolute Gasteiger partial charge is 0.268 e. The van der Waals surface area contributed by atoms with Crippen LogP contribution in [0.15, 0.2) is 39.8 Å². The van der Waals surface area contributed by atoms with Crippen LogP contribution in [0.5, 0.6) is 0 Å². The molecule has 0 fully saturated rings. The van der Waals surface area contributed by atoms with Crippen molar-refractivity contribution in [1.29, 1.82) is 0 Å². The first-order valence-electron chi connectivity index (χ1n) is 8.07. The highest BCUT2D eigenvalue weighted by atomic mass is 32.2. The number of nitrogens with zero attached hydrogens (tertiary/aromatic N) is 3. The molecular formula is C17H18FN3O3S2. The molecule has 1 aromatic carbocycles. The van der Waals surface area contributed by atoms with Gasteiger partial charge in [0.15, 0.2) is 0 Å². The van der Waals surface area contributed by atoms with Gasteiger partial charge in [0, 0.05) is 23.5 Å². The van der Waals surface area contributed by atoms with Crippen molar-refractivity contribution in [2.24, 2.45) is 0 Å². The van der Waals surface area contributed by atoms with E-state index in [1.54, 1.807) is 39.0 Å². The van der Waals surface area contributed by atoms with Crippen molar-refractivity contribution in [1.82, 2.24) is 14.4 Å². The maximum atomic E-state index is 13.0. The van der Waals surface area contributed by atoms with Gasteiger partial charge in [0.2, 0.25) is 15.8 Å². The zero-order valence-corrected chi connectivity index (χ0v) is 16.2. The van der Waals surface area contributed by atoms with Crippen molar-refractivity contribution in [3.63, 3.8) is 0 Å². The van der Waals surface area contributed by atoms with Gasteiger partial charge in [-0.3, -0.25) is 0 Å². The summed E-state index contributed by atoms with van der Waals surface area (Å²) >= 11 is 1.28. The number of sulfonamides is 1. The van der Waals surface area contributed by atoms with Gasteiger partial charge >= 0.3 is 0 Å². The fraction of sp³-hybridized carbons (Fsp3) is 0.294. The highest BCUT2D eigenvalue weighted by Gasteiger charge is 2.27. The molecule has 0 radical (unpaired) electrons. The second-order valence-corrected chi connectivity index (χ2v) is 8.71. The summed E-state index contributed by atoms with van der Waals surface area (Å²) in [6, 6.07) is 7.31. The molecule has 0 spiro atoms. The molecule has 0 bridgehead atoms. The highest BCUT2D eigenvalue weighted by Crippen LogP contribution is 2.34. The minimum absolute atomic E-state index is 0.235. The summed E-state index contributed by atoms with van der Waals surface area (Å²) in [5.41, 5.74) is 0.616. The normalized spacial score (nSPS) is 12.0. The van der Waals surface area contributed by atoms with E-state index in [1.165, 1.54) is 27.8 Å². The second-order valence-electron chi connectivity index (χ2n) is 5.55. The molecular weight excluding hydrogens is 377 g/mol. The first kappa shape index (κ1) is 18.7. The number of hydrogen-bond acceptors (Lipinski definition) is 6. The fourth-order valence-corrected chi connectivity index (χ4v) is 5.51. The van der Waals surface area contributed by atoms with Crippen LogP contribution in [0.2, 0.25) is 0 Å². The molecule has 0 aliphatic carbocycles. The molecule has 0 saturated carbocycles. The van der Waals surface area contributed by atoms with E-state index < -0.39 is 10.0 Å². The fourth-order valence-electron chi connectivity index (χ4n) is 2.57. The van der Waals surface area contributed by atoms with E-state index in [0.717, 1.165) is 0 Å². The predicted molar refractivity (Wildman–Crippen MR) is 97.8 cm³/mol. The number of halogens is 1. The summed E-state index contributed by atoms with van der Waals surface area (Å²) in [5.74, 6) is 0.204. The molecule has 0 atom stereocenters. The van der Waals surface area contributed by atoms with E-state index in [-0.39, 0.29) is 16.6 Å². The molecule has 26 heavy (non-hydrogen) atoms. The van der Waals surface area contributed by atoms with Crippen LogP contribution in [0.1, 0.15) is 18.7 Å². The first-order valence-corrected chi connectivity index (χ1v) is 10.3. The van der Waals surface area contributed by atoms with Gasteiger partial charge < -0.3 is 4.52 Å². The second kappa shape index (κ2) is 7.26. The molecule has 3 rings (SSSR count). The van der Waals surface area contributed by atoms with Gasteiger partial charge in [-0.2, -0.15) is 9.29 Å². The Morgan fingerprint density at radius 2 is 1.85 bits per heavy atom. The molecule has 6 nitrogen and oxygen atoms in total. The van der Waals surface area contributed by atoms with Gasteiger partial charge in [-0.25, -0.2) is 12.8 Å². The summed E-state index contributed by atoms with van der Waals surface area (Å²) in [6.45, 7) is 6.16. The van der Waals surface area contributed by atoms with Crippen LogP contribution in [0, 0.1) is 12.7 Å². The number of hydrogen-bond donors (Lipinski definition) is 0. The summed E-state index contributed by atoms with van der Waals surface area (Å²) in [5, 5.41) is 3.90. The third-order valence-electron chi connectivity index (χ3n) is 3.93. The average Bonchev–Trinajstić information content (AvgIpc) is 3.23. The maximum absolute atomic E-state index is 13.0. The van der Waals surface area contributed by atoms with Crippen molar-refractivity contribution < 1.29 is 17.3 Å². The van der Waals surface area contributed by atoms with E-state index in [0.29, 0.717) is 34.2 Å². The average molecular weight is 395 g/mol. The van der Waals surface area contributed by atoms with Gasteiger partial charge in [-0.15, -0.1) is 11.3 Å². The molecule has 0 unspecified atom stereocenters. The largest absolute Gasteiger partial charge is 0.333 e. The Kier molecular flexibility index (Phi) is 5.22. The van der Waals surface area contributed by atoms with Crippen LogP contribution < -0.4 is 0 Å². The third-order valence-corrected chi connectivity index (χ3v) is 7.28. The molecule has 9 heteroatoms. The standard InChI is InChI=1S/C17H18FN3O3S2/c1-4-21(5-2)26(22,23)15-10-14(25-11(15)3)17-19-16(20-24-17)12-6-8-13(18)9-7-12/h6-10H,4-5H2,1-3H3. The maximum Gasteiger partial charge on any atom is 0.268 e. The lowest BCUT2D eigenvalue weighted by Gasteiger charge is -2.17. The van der Waals surface area contributed by atoms with Crippen molar-refractivity contribution in [3.8, 4) is 22.2 Å². The Morgan fingerprint density at radius 1 is 1.19 bits per heavy atom. The van der Waals surface area contributed by atoms with E-state index in [9.17, 15) is 12.8 Å². The lowest BCUT2D eigenvalue weighted by Crippen LogP contribution is -2.30.